The maximum atomic E-state index is 12.1. The van der Waals surface area contributed by atoms with Crippen LogP contribution in [0, 0.1) is 0 Å². The molecule has 1 unspecified atom stereocenters. The number of nitrogens with one attached hydrogen (secondary N) is 2. The van der Waals surface area contributed by atoms with E-state index in [9.17, 15) is 13.2 Å². The summed E-state index contributed by atoms with van der Waals surface area (Å²) in [5.74, 6) is 0.181. The maximum absolute atomic E-state index is 12.1. The van der Waals surface area contributed by atoms with Crippen molar-refractivity contribution in [1.82, 2.24) is 5.32 Å². The molecule has 0 bridgehead atoms. The van der Waals surface area contributed by atoms with E-state index < -0.39 is 10.0 Å². The van der Waals surface area contributed by atoms with Crippen molar-refractivity contribution >= 4 is 39.7 Å². The van der Waals surface area contributed by atoms with Crippen molar-refractivity contribution in [2.45, 2.75) is 31.7 Å². The zero-order valence-corrected chi connectivity index (χ0v) is 14.5. The Kier molecular flexibility index (Phi) is 5.89. The fourth-order valence-corrected chi connectivity index (χ4v) is 4.51. The lowest BCUT2D eigenvalue weighted by atomic mass is 10.0. The largest absolute Gasteiger partial charge is 0.325 e. The number of carbonyl (C=O) groups excluding carboxylic acids is 1. The monoisotopic (exact) mass is 359 g/mol. The summed E-state index contributed by atoms with van der Waals surface area (Å²) in [5.41, 5.74) is 1.35. The summed E-state index contributed by atoms with van der Waals surface area (Å²) in [7, 11) is -3.16. The van der Waals surface area contributed by atoms with Gasteiger partial charge in [-0.05, 0) is 50.1 Å². The number of piperidine rings is 1. The fraction of sp³-hybridized carbons (Fsp3) is 0.533. The Morgan fingerprint density at radius 3 is 2.48 bits per heavy atom. The lowest BCUT2D eigenvalue weighted by Gasteiger charge is -2.22. The van der Waals surface area contributed by atoms with Crippen molar-refractivity contribution in [3.63, 3.8) is 0 Å². The molecule has 2 aliphatic heterocycles. The van der Waals surface area contributed by atoms with Crippen LogP contribution < -0.4 is 14.9 Å². The minimum absolute atomic E-state index is 0. The highest BCUT2D eigenvalue weighted by atomic mass is 35.5. The molecule has 23 heavy (non-hydrogen) atoms. The van der Waals surface area contributed by atoms with Gasteiger partial charge in [0.25, 0.3) is 0 Å². The van der Waals surface area contributed by atoms with Crippen LogP contribution in [0.1, 0.15) is 25.7 Å². The van der Waals surface area contributed by atoms with Crippen LogP contribution >= 0.6 is 12.4 Å². The predicted molar refractivity (Wildman–Crippen MR) is 93.7 cm³/mol. The van der Waals surface area contributed by atoms with Gasteiger partial charge in [-0.1, -0.05) is 6.42 Å². The molecule has 2 fully saturated rings. The first-order valence-electron chi connectivity index (χ1n) is 7.71. The Morgan fingerprint density at radius 1 is 1.17 bits per heavy atom. The molecule has 1 aromatic rings. The predicted octanol–water partition coefficient (Wildman–Crippen LogP) is 1.73. The number of halogens is 1. The summed E-state index contributed by atoms with van der Waals surface area (Å²) in [4.78, 5) is 12.1. The van der Waals surface area contributed by atoms with Crippen LogP contribution in [0.3, 0.4) is 0 Å². The fourth-order valence-electron chi connectivity index (χ4n) is 2.95. The van der Waals surface area contributed by atoms with E-state index in [1.54, 1.807) is 24.3 Å². The van der Waals surface area contributed by atoms with Crippen LogP contribution in [-0.4, -0.2) is 39.2 Å². The van der Waals surface area contributed by atoms with Gasteiger partial charge in [-0.25, -0.2) is 8.42 Å². The minimum Gasteiger partial charge on any atom is -0.325 e. The number of anilines is 2. The van der Waals surface area contributed by atoms with Crippen LogP contribution in [-0.2, 0) is 14.8 Å². The van der Waals surface area contributed by atoms with Gasteiger partial charge in [0.15, 0.2) is 0 Å². The Labute approximate surface area is 143 Å². The van der Waals surface area contributed by atoms with Crippen LogP contribution in [0.2, 0.25) is 0 Å². The third-order valence-corrected chi connectivity index (χ3v) is 6.02. The van der Waals surface area contributed by atoms with Crippen molar-refractivity contribution in [1.29, 1.82) is 0 Å². The summed E-state index contributed by atoms with van der Waals surface area (Å²) < 4.78 is 25.2. The molecule has 1 aromatic carbocycles. The number of nitrogens with zero attached hydrogens (tertiary/aromatic N) is 1. The van der Waals surface area contributed by atoms with Gasteiger partial charge < -0.3 is 10.6 Å². The SMILES string of the molecule is Cl.O=C(Nc1ccc(N2CCCS2(=O)=O)cc1)C1CCCCN1. The molecule has 2 N–H and O–H groups in total. The zero-order chi connectivity index (χ0) is 15.6. The number of hydrogen-bond acceptors (Lipinski definition) is 4. The van der Waals surface area contributed by atoms with E-state index in [0.29, 0.717) is 24.3 Å². The molecule has 0 radical (unpaired) electrons. The zero-order valence-electron chi connectivity index (χ0n) is 12.8. The van der Waals surface area contributed by atoms with Crippen molar-refractivity contribution < 1.29 is 13.2 Å². The summed E-state index contributed by atoms with van der Waals surface area (Å²) in [6.07, 6.45) is 3.70. The van der Waals surface area contributed by atoms with Crippen LogP contribution in [0.4, 0.5) is 11.4 Å². The van der Waals surface area contributed by atoms with Gasteiger partial charge in [-0.3, -0.25) is 9.10 Å². The number of rotatable bonds is 3. The highest BCUT2D eigenvalue weighted by Gasteiger charge is 2.28. The van der Waals surface area contributed by atoms with Crippen LogP contribution in [0.15, 0.2) is 24.3 Å². The van der Waals surface area contributed by atoms with E-state index in [-0.39, 0.29) is 30.1 Å². The highest BCUT2D eigenvalue weighted by Crippen LogP contribution is 2.25. The van der Waals surface area contributed by atoms with Gasteiger partial charge in [0, 0.05) is 12.2 Å². The van der Waals surface area contributed by atoms with Gasteiger partial charge in [-0.15, -0.1) is 12.4 Å². The molecule has 3 rings (SSSR count). The minimum atomic E-state index is -3.16. The van der Waals surface area contributed by atoms with Gasteiger partial charge in [0.05, 0.1) is 17.5 Å². The summed E-state index contributed by atoms with van der Waals surface area (Å²) >= 11 is 0. The smallest absolute Gasteiger partial charge is 0.241 e. The maximum Gasteiger partial charge on any atom is 0.241 e. The topological polar surface area (TPSA) is 78.5 Å². The van der Waals surface area contributed by atoms with Crippen molar-refractivity contribution in [2.24, 2.45) is 0 Å². The molecule has 0 spiro atoms. The Morgan fingerprint density at radius 2 is 1.91 bits per heavy atom. The first-order chi connectivity index (χ1) is 10.6. The first-order valence-corrected chi connectivity index (χ1v) is 9.32. The first kappa shape index (κ1) is 18.0. The van der Waals surface area contributed by atoms with Gasteiger partial charge in [0.1, 0.15) is 0 Å². The summed E-state index contributed by atoms with van der Waals surface area (Å²) in [6, 6.07) is 6.86. The molecule has 1 atom stereocenters. The molecule has 2 saturated heterocycles. The third kappa shape index (κ3) is 4.16. The van der Waals surface area contributed by atoms with Gasteiger partial charge in [-0.2, -0.15) is 0 Å². The van der Waals surface area contributed by atoms with E-state index >= 15 is 0 Å². The molecule has 6 nitrogen and oxygen atoms in total. The van der Waals surface area contributed by atoms with Crippen molar-refractivity contribution in [3.8, 4) is 0 Å². The molecule has 0 aliphatic carbocycles. The average Bonchev–Trinajstić information content (AvgIpc) is 2.88. The number of hydrogen-bond donors (Lipinski definition) is 2. The quantitative estimate of drug-likeness (QED) is 0.861. The standard InChI is InChI=1S/C15H21N3O3S.ClH/c19-15(14-4-1-2-9-16-14)17-12-5-7-13(8-6-12)18-10-3-11-22(18,20)21;/h5-8,14,16H,1-4,9-11H2,(H,17,19);1H. The molecule has 128 valence electrons. The molecule has 0 aromatic heterocycles. The Bertz CT molecular complexity index is 642. The number of carbonyl (C=O) groups is 1. The normalized spacial score (nSPS) is 23.1. The van der Waals surface area contributed by atoms with Crippen molar-refractivity contribution in [3.05, 3.63) is 24.3 Å². The summed E-state index contributed by atoms with van der Waals surface area (Å²) in [5, 5.41) is 6.09. The second kappa shape index (κ2) is 7.51. The van der Waals surface area contributed by atoms with Gasteiger partial charge in [0.2, 0.25) is 15.9 Å². The second-order valence-corrected chi connectivity index (χ2v) is 7.79. The van der Waals surface area contributed by atoms with E-state index in [1.807, 2.05) is 0 Å². The van der Waals surface area contributed by atoms with E-state index in [4.69, 9.17) is 0 Å². The number of benzene rings is 1. The molecule has 8 heteroatoms. The molecule has 0 saturated carbocycles. The number of sulfonamides is 1. The second-order valence-electron chi connectivity index (χ2n) is 5.78. The molecule has 1 amide bonds. The third-order valence-electron chi connectivity index (χ3n) is 4.15. The molecular weight excluding hydrogens is 338 g/mol. The van der Waals surface area contributed by atoms with Crippen LogP contribution in [0.25, 0.3) is 0 Å². The van der Waals surface area contributed by atoms with E-state index in [1.165, 1.54) is 4.31 Å². The van der Waals surface area contributed by atoms with Crippen LogP contribution in [0.5, 0.6) is 0 Å². The molecule has 2 heterocycles. The Hall–Kier alpha value is -1.31. The average molecular weight is 360 g/mol. The summed E-state index contributed by atoms with van der Waals surface area (Å²) in [6.45, 7) is 1.41. The van der Waals surface area contributed by atoms with Crippen molar-refractivity contribution in [2.75, 3.05) is 28.5 Å². The highest BCUT2D eigenvalue weighted by molar-refractivity contribution is 7.93. The lowest BCUT2D eigenvalue weighted by Crippen LogP contribution is -2.43. The van der Waals surface area contributed by atoms with Gasteiger partial charge >= 0.3 is 0 Å². The van der Waals surface area contributed by atoms with E-state index in [0.717, 1.165) is 25.8 Å². The molecular formula is C15H22ClN3O3S. The lowest BCUT2D eigenvalue weighted by molar-refractivity contribution is -0.118. The Balaban J connectivity index is 0.00000192. The van der Waals surface area contributed by atoms with E-state index in [2.05, 4.69) is 10.6 Å². The molecule has 2 aliphatic rings. The number of amides is 1.